The first kappa shape index (κ1) is 15.5. The van der Waals surface area contributed by atoms with Crippen molar-refractivity contribution in [2.45, 2.75) is 19.4 Å². The van der Waals surface area contributed by atoms with E-state index in [1.165, 1.54) is 0 Å². The van der Waals surface area contributed by atoms with Crippen LogP contribution < -0.4 is 0 Å². The van der Waals surface area contributed by atoms with Crippen LogP contribution in [0.15, 0.2) is 61.2 Å². The molecule has 1 aliphatic carbocycles. The van der Waals surface area contributed by atoms with Crippen LogP contribution in [0.5, 0.6) is 0 Å². The fourth-order valence-corrected chi connectivity index (χ4v) is 4.14. The lowest BCUT2D eigenvalue weighted by Gasteiger charge is -2.35. The van der Waals surface area contributed by atoms with Gasteiger partial charge in [0.05, 0.1) is 33.4 Å². The molecule has 0 saturated carbocycles. The molecule has 0 radical (unpaired) electrons. The van der Waals surface area contributed by atoms with Gasteiger partial charge in [0.25, 0.3) is 0 Å². The Labute approximate surface area is 155 Å². The second-order valence-electron chi connectivity index (χ2n) is 6.99. The number of nitrogens with zero attached hydrogens (tertiary/aromatic N) is 4. The molecule has 5 heteroatoms. The van der Waals surface area contributed by atoms with Crippen molar-refractivity contribution >= 4 is 44.4 Å². The largest absolute Gasteiger partial charge is 0.320 e. The van der Waals surface area contributed by atoms with Crippen LogP contribution in [-0.2, 0) is 5.54 Å². The maximum absolute atomic E-state index is 6.65. The smallest absolute Gasteiger partial charge is 0.100 e. The van der Waals surface area contributed by atoms with Crippen LogP contribution in [0, 0.1) is 5.92 Å². The van der Waals surface area contributed by atoms with E-state index in [-0.39, 0.29) is 5.54 Å². The summed E-state index contributed by atoms with van der Waals surface area (Å²) in [6.07, 6.45) is 14.1. The molecule has 0 aliphatic heterocycles. The second kappa shape index (κ2) is 5.39. The summed E-state index contributed by atoms with van der Waals surface area (Å²) in [5, 5.41) is 2.57. The van der Waals surface area contributed by atoms with E-state index in [1.54, 1.807) is 12.4 Å². The predicted octanol–water partition coefficient (Wildman–Crippen LogP) is 5.26. The average molecular weight is 361 g/mol. The van der Waals surface area contributed by atoms with Gasteiger partial charge in [-0.3, -0.25) is 9.97 Å². The Morgan fingerprint density at radius 1 is 1.04 bits per heavy atom. The normalized spacial score (nSPS) is 22.7. The van der Waals surface area contributed by atoms with Crippen molar-refractivity contribution in [3.63, 3.8) is 0 Å². The maximum Gasteiger partial charge on any atom is 0.100 e. The number of fused-ring (bicyclic) bond motifs is 6. The summed E-state index contributed by atoms with van der Waals surface area (Å²) >= 11 is 6.65. The third-order valence-electron chi connectivity index (χ3n) is 5.58. The molecule has 0 bridgehead atoms. The molecule has 1 aliphatic rings. The summed E-state index contributed by atoms with van der Waals surface area (Å²) in [6.45, 7) is 4.44. The van der Waals surface area contributed by atoms with Crippen LogP contribution in [0.1, 0.15) is 13.8 Å². The van der Waals surface area contributed by atoms with Crippen LogP contribution in [-0.4, -0.2) is 19.5 Å². The summed E-state index contributed by atoms with van der Waals surface area (Å²) in [5.41, 5.74) is 3.33. The van der Waals surface area contributed by atoms with Crippen molar-refractivity contribution < 1.29 is 0 Å². The Kier molecular flexibility index (Phi) is 3.22. The number of benzene rings is 1. The van der Waals surface area contributed by atoms with Gasteiger partial charge < -0.3 is 4.57 Å². The van der Waals surface area contributed by atoms with E-state index in [4.69, 9.17) is 16.6 Å². The number of imidazole rings is 1. The van der Waals surface area contributed by atoms with Crippen LogP contribution in [0.4, 0.5) is 0 Å². The molecule has 2 atom stereocenters. The van der Waals surface area contributed by atoms with Gasteiger partial charge in [0.2, 0.25) is 0 Å². The number of hydrogen-bond acceptors (Lipinski definition) is 3. The van der Waals surface area contributed by atoms with E-state index in [0.29, 0.717) is 10.9 Å². The summed E-state index contributed by atoms with van der Waals surface area (Å²) in [5.74, 6) is 0.319. The number of halogens is 1. The Bertz CT molecular complexity index is 1240. The minimum Gasteiger partial charge on any atom is -0.320 e. The van der Waals surface area contributed by atoms with Crippen LogP contribution in [0.2, 0.25) is 5.02 Å². The summed E-state index contributed by atoms with van der Waals surface area (Å²) in [6, 6.07) is 5.81. The minimum absolute atomic E-state index is 0.231. The predicted molar refractivity (Wildman–Crippen MR) is 106 cm³/mol. The first-order valence-corrected chi connectivity index (χ1v) is 9.03. The zero-order valence-corrected chi connectivity index (χ0v) is 15.3. The molecule has 0 amide bonds. The van der Waals surface area contributed by atoms with Gasteiger partial charge in [-0.25, -0.2) is 4.98 Å². The van der Waals surface area contributed by atoms with Gasteiger partial charge in [-0.15, -0.1) is 0 Å². The molecule has 0 fully saturated rings. The topological polar surface area (TPSA) is 43.6 Å². The van der Waals surface area contributed by atoms with E-state index in [0.717, 1.165) is 32.8 Å². The third kappa shape index (κ3) is 1.93. The van der Waals surface area contributed by atoms with Crippen molar-refractivity contribution in [3.05, 3.63) is 66.2 Å². The second-order valence-corrected chi connectivity index (χ2v) is 7.39. The van der Waals surface area contributed by atoms with Gasteiger partial charge in [0.15, 0.2) is 0 Å². The van der Waals surface area contributed by atoms with Crippen molar-refractivity contribution in [2.75, 3.05) is 0 Å². The van der Waals surface area contributed by atoms with E-state index >= 15 is 0 Å². The van der Waals surface area contributed by atoms with E-state index in [9.17, 15) is 0 Å². The molecule has 1 aromatic carbocycles. The van der Waals surface area contributed by atoms with Crippen molar-refractivity contribution in [2.24, 2.45) is 5.92 Å². The highest BCUT2D eigenvalue weighted by molar-refractivity contribution is 6.39. The Morgan fingerprint density at radius 3 is 2.73 bits per heavy atom. The van der Waals surface area contributed by atoms with Crippen LogP contribution in [0.3, 0.4) is 0 Å². The molecular formula is C21H17ClN4. The van der Waals surface area contributed by atoms with Crippen molar-refractivity contribution in [1.82, 2.24) is 19.5 Å². The molecule has 4 aromatic rings. The third-order valence-corrected chi connectivity index (χ3v) is 5.89. The highest BCUT2D eigenvalue weighted by atomic mass is 35.5. The highest BCUT2D eigenvalue weighted by Crippen LogP contribution is 2.40. The first-order valence-electron chi connectivity index (χ1n) is 8.66. The quantitative estimate of drug-likeness (QED) is 0.435. The Hall–Kier alpha value is -2.72. The van der Waals surface area contributed by atoms with Crippen molar-refractivity contribution in [3.8, 4) is 0 Å². The molecule has 3 heterocycles. The zero-order valence-electron chi connectivity index (χ0n) is 14.5. The average Bonchev–Trinajstić information content (AvgIpc) is 3.10. The van der Waals surface area contributed by atoms with Gasteiger partial charge in [-0.1, -0.05) is 42.8 Å². The maximum atomic E-state index is 6.65. The van der Waals surface area contributed by atoms with Gasteiger partial charge in [0.1, 0.15) is 5.52 Å². The van der Waals surface area contributed by atoms with Crippen LogP contribution in [0.25, 0.3) is 32.8 Å². The number of rotatable bonds is 1. The fourth-order valence-electron chi connectivity index (χ4n) is 3.91. The molecule has 0 spiro atoms. The van der Waals surface area contributed by atoms with Gasteiger partial charge in [-0.05, 0) is 25.1 Å². The van der Waals surface area contributed by atoms with Gasteiger partial charge >= 0.3 is 0 Å². The number of aromatic nitrogens is 4. The molecule has 128 valence electrons. The van der Waals surface area contributed by atoms with E-state index < -0.39 is 0 Å². The lowest BCUT2D eigenvalue weighted by Crippen LogP contribution is -2.34. The molecule has 2 unspecified atom stereocenters. The monoisotopic (exact) mass is 360 g/mol. The molecule has 26 heavy (non-hydrogen) atoms. The molecule has 3 aromatic heterocycles. The minimum atomic E-state index is -0.231. The summed E-state index contributed by atoms with van der Waals surface area (Å²) in [7, 11) is 0. The summed E-state index contributed by atoms with van der Waals surface area (Å²) < 4.78 is 2.23. The van der Waals surface area contributed by atoms with E-state index in [1.807, 2.05) is 24.5 Å². The van der Waals surface area contributed by atoms with Gasteiger partial charge in [0, 0.05) is 29.1 Å². The Balaban J connectivity index is 2.02. The highest BCUT2D eigenvalue weighted by Gasteiger charge is 2.33. The first-order chi connectivity index (χ1) is 12.6. The Morgan fingerprint density at radius 2 is 1.88 bits per heavy atom. The fraction of sp³-hybridized carbons (Fsp3) is 0.190. The SMILES string of the molecule is CC1C=CC=CC1(C)n1cnc2c3cccnc3c3nccc(Cl)c3c21. The van der Waals surface area contributed by atoms with Crippen molar-refractivity contribution in [1.29, 1.82) is 0 Å². The standard InChI is InChI=1S/C21H17ClN4/c1-13-6-3-4-9-21(13,2)26-12-25-18-14-7-5-10-23-17(14)19-16(20(18)26)15(22)8-11-24-19/h3-13H,1-2H3. The molecule has 0 N–H and O–H groups in total. The number of pyridine rings is 2. The molecule has 4 nitrogen and oxygen atoms in total. The molecule has 0 saturated heterocycles. The molecule has 5 rings (SSSR count). The van der Waals surface area contributed by atoms with E-state index in [2.05, 4.69) is 52.7 Å². The zero-order chi connectivity index (χ0) is 17.9. The number of allylic oxidation sites excluding steroid dienone is 4. The number of hydrogen-bond donors (Lipinski definition) is 0. The lowest BCUT2D eigenvalue weighted by molar-refractivity contribution is 0.327. The summed E-state index contributed by atoms with van der Waals surface area (Å²) in [4.78, 5) is 13.9. The van der Waals surface area contributed by atoms with Crippen LogP contribution >= 0.6 is 11.6 Å². The lowest BCUT2D eigenvalue weighted by atomic mass is 9.83. The van der Waals surface area contributed by atoms with Gasteiger partial charge in [-0.2, -0.15) is 0 Å². The molecular weight excluding hydrogens is 344 g/mol.